The number of carbonyl (C=O) groups excluding carboxylic acids is 2. The summed E-state index contributed by atoms with van der Waals surface area (Å²) >= 11 is 1.53. The zero-order valence-electron chi connectivity index (χ0n) is 16.7. The Hall–Kier alpha value is -2.26. The number of hydrogen-bond acceptors (Lipinski definition) is 7. The Morgan fingerprint density at radius 2 is 2.03 bits per heavy atom. The van der Waals surface area contributed by atoms with E-state index in [-0.39, 0.29) is 12.5 Å². The summed E-state index contributed by atoms with van der Waals surface area (Å²) in [5.74, 6) is 0.383. The quantitative estimate of drug-likeness (QED) is 0.581. The first-order valence-corrected chi connectivity index (χ1v) is 10.8. The molecule has 1 aromatic carbocycles. The summed E-state index contributed by atoms with van der Waals surface area (Å²) in [6, 6.07) is 8.43. The maximum absolute atomic E-state index is 12.9. The van der Waals surface area contributed by atoms with Gasteiger partial charge in [-0.25, -0.2) is 4.79 Å². The maximum atomic E-state index is 12.9. The van der Waals surface area contributed by atoms with Gasteiger partial charge in [0.15, 0.2) is 6.23 Å². The molecule has 3 atom stereocenters. The predicted octanol–water partition coefficient (Wildman–Crippen LogP) is 2.13. The fraction of sp³-hybridized carbons (Fsp3) is 0.550. The molecule has 0 aliphatic carbocycles. The average molecular weight is 425 g/mol. The second-order valence-electron chi connectivity index (χ2n) is 6.66. The predicted molar refractivity (Wildman–Crippen MR) is 110 cm³/mol. The molecule has 29 heavy (non-hydrogen) atoms. The fourth-order valence-electron chi connectivity index (χ4n) is 3.14. The van der Waals surface area contributed by atoms with Gasteiger partial charge in [-0.3, -0.25) is 14.9 Å². The summed E-state index contributed by atoms with van der Waals surface area (Å²) in [4.78, 5) is 37.6. The van der Waals surface area contributed by atoms with Crippen LogP contribution in [0, 0.1) is 0 Å². The van der Waals surface area contributed by atoms with E-state index in [9.17, 15) is 14.4 Å². The van der Waals surface area contributed by atoms with Crippen LogP contribution in [0.15, 0.2) is 30.3 Å². The second-order valence-corrected chi connectivity index (χ2v) is 7.81. The van der Waals surface area contributed by atoms with E-state index < -0.39 is 30.4 Å². The molecule has 2 rings (SSSR count). The zero-order chi connectivity index (χ0) is 21.2. The number of nitrogens with zero attached hydrogens (tertiary/aromatic N) is 1. The van der Waals surface area contributed by atoms with E-state index in [2.05, 4.69) is 5.32 Å². The molecule has 160 valence electrons. The number of carbonyl (C=O) groups is 3. The van der Waals surface area contributed by atoms with Gasteiger partial charge in [-0.05, 0) is 32.3 Å². The average Bonchev–Trinajstić information content (AvgIpc) is 2.71. The Balaban J connectivity index is 2.02. The molecule has 1 saturated heterocycles. The highest BCUT2D eigenvalue weighted by Gasteiger charge is 2.34. The van der Waals surface area contributed by atoms with E-state index in [0.717, 1.165) is 5.56 Å². The van der Waals surface area contributed by atoms with Crippen LogP contribution in [-0.4, -0.2) is 71.0 Å². The van der Waals surface area contributed by atoms with Crippen molar-refractivity contribution in [1.82, 2.24) is 10.2 Å². The molecule has 0 bridgehead atoms. The monoisotopic (exact) mass is 424 g/mol. The largest absolute Gasteiger partial charge is 0.507 e. The van der Waals surface area contributed by atoms with Crippen molar-refractivity contribution in [1.29, 1.82) is 0 Å². The number of hydrogen-bond donors (Lipinski definition) is 2. The molecule has 1 fully saturated rings. The number of esters is 1. The normalized spacial score (nSPS) is 18.6. The minimum absolute atomic E-state index is 0.253. The van der Waals surface area contributed by atoms with Crippen molar-refractivity contribution in [3.63, 3.8) is 0 Å². The summed E-state index contributed by atoms with van der Waals surface area (Å²) in [6.45, 7) is 4.04. The zero-order valence-corrected chi connectivity index (χ0v) is 17.5. The highest BCUT2D eigenvalue weighted by molar-refractivity contribution is 7.99. The SMILES string of the molecule is CCOC(=O)C(CCc1ccccc1)N[C@@H](C)C(=O)N1CCSCC1OC(=O)O. The van der Waals surface area contributed by atoms with E-state index in [4.69, 9.17) is 14.6 Å². The summed E-state index contributed by atoms with van der Waals surface area (Å²) < 4.78 is 10.0. The van der Waals surface area contributed by atoms with Crippen molar-refractivity contribution >= 4 is 29.8 Å². The highest BCUT2D eigenvalue weighted by Crippen LogP contribution is 2.19. The molecule has 2 unspecified atom stereocenters. The lowest BCUT2D eigenvalue weighted by atomic mass is 10.0. The number of amides is 1. The van der Waals surface area contributed by atoms with E-state index in [0.29, 0.717) is 30.9 Å². The Labute approximate surface area is 174 Å². The third-order valence-corrected chi connectivity index (χ3v) is 5.55. The van der Waals surface area contributed by atoms with Gasteiger partial charge in [-0.2, -0.15) is 11.8 Å². The van der Waals surface area contributed by atoms with E-state index in [1.54, 1.807) is 13.8 Å². The van der Waals surface area contributed by atoms with Crippen LogP contribution in [0.4, 0.5) is 4.79 Å². The summed E-state index contributed by atoms with van der Waals surface area (Å²) in [6.07, 6.45) is -1.11. The molecule has 0 saturated carbocycles. The van der Waals surface area contributed by atoms with Gasteiger partial charge in [0, 0.05) is 12.3 Å². The molecular formula is C20H28N2O6S. The van der Waals surface area contributed by atoms with Gasteiger partial charge >= 0.3 is 12.1 Å². The van der Waals surface area contributed by atoms with Gasteiger partial charge < -0.3 is 19.5 Å². The molecule has 2 N–H and O–H groups in total. The third kappa shape index (κ3) is 7.25. The van der Waals surface area contributed by atoms with Gasteiger partial charge in [-0.1, -0.05) is 30.3 Å². The van der Waals surface area contributed by atoms with Gasteiger partial charge in [0.1, 0.15) is 6.04 Å². The number of thioether (sulfide) groups is 1. The Bertz CT molecular complexity index is 687. The first-order chi connectivity index (χ1) is 13.9. The van der Waals surface area contributed by atoms with Crippen molar-refractivity contribution in [2.75, 3.05) is 24.7 Å². The van der Waals surface area contributed by atoms with E-state index in [1.165, 1.54) is 16.7 Å². The summed E-state index contributed by atoms with van der Waals surface area (Å²) in [5, 5.41) is 12.0. The first kappa shape index (κ1) is 23.0. The lowest BCUT2D eigenvalue weighted by Gasteiger charge is -2.36. The smallest absolute Gasteiger partial charge is 0.465 e. The lowest BCUT2D eigenvalue weighted by Crippen LogP contribution is -2.56. The van der Waals surface area contributed by atoms with Crippen LogP contribution in [0.25, 0.3) is 0 Å². The number of carboxylic acid groups (broad SMARTS) is 1. The third-order valence-electron chi connectivity index (χ3n) is 4.56. The number of aryl methyl sites for hydroxylation is 1. The van der Waals surface area contributed by atoms with E-state index in [1.807, 2.05) is 30.3 Å². The van der Waals surface area contributed by atoms with Crippen molar-refractivity contribution in [3.05, 3.63) is 35.9 Å². The summed E-state index contributed by atoms with van der Waals surface area (Å²) in [7, 11) is 0. The molecule has 8 nitrogen and oxygen atoms in total. The van der Waals surface area contributed by atoms with Gasteiger partial charge in [0.2, 0.25) is 5.91 Å². The Morgan fingerprint density at radius 1 is 1.31 bits per heavy atom. The number of rotatable bonds is 9. The number of nitrogens with one attached hydrogen (secondary N) is 1. The van der Waals surface area contributed by atoms with Crippen LogP contribution in [0.1, 0.15) is 25.8 Å². The first-order valence-electron chi connectivity index (χ1n) is 9.66. The second kappa shape index (κ2) is 11.7. The van der Waals surface area contributed by atoms with Crippen LogP contribution in [0.2, 0.25) is 0 Å². The van der Waals surface area contributed by atoms with Crippen molar-refractivity contribution in [2.24, 2.45) is 0 Å². The molecule has 0 radical (unpaired) electrons. The molecule has 9 heteroatoms. The lowest BCUT2D eigenvalue weighted by molar-refractivity contribution is -0.147. The molecule has 0 spiro atoms. The number of ether oxygens (including phenoxy) is 2. The number of benzene rings is 1. The standard InChI is InChI=1S/C20H28N2O6S/c1-3-27-19(24)16(10-9-15-7-5-4-6-8-15)21-14(2)18(23)22-11-12-29-13-17(22)28-20(25)26/h4-8,14,16-17,21H,3,9-13H2,1-2H3,(H,25,26)/t14-,16?,17?/m0/s1. The molecule has 1 aromatic rings. The van der Waals surface area contributed by atoms with Crippen molar-refractivity contribution in [2.45, 2.75) is 45.0 Å². The topological polar surface area (TPSA) is 105 Å². The summed E-state index contributed by atoms with van der Waals surface area (Å²) in [5.41, 5.74) is 1.09. The maximum Gasteiger partial charge on any atom is 0.507 e. The highest BCUT2D eigenvalue weighted by atomic mass is 32.2. The molecule has 1 heterocycles. The van der Waals surface area contributed by atoms with Crippen molar-refractivity contribution < 1.29 is 29.0 Å². The fourth-order valence-corrected chi connectivity index (χ4v) is 4.08. The molecule has 0 aromatic heterocycles. The van der Waals surface area contributed by atoms with Crippen molar-refractivity contribution in [3.8, 4) is 0 Å². The molecule has 1 amide bonds. The Morgan fingerprint density at radius 3 is 2.69 bits per heavy atom. The van der Waals surface area contributed by atoms with Crippen LogP contribution in [0.5, 0.6) is 0 Å². The minimum Gasteiger partial charge on any atom is -0.465 e. The molecule has 1 aliphatic rings. The Kier molecular flexibility index (Phi) is 9.27. The molecule has 1 aliphatic heterocycles. The van der Waals surface area contributed by atoms with Gasteiger partial charge in [0.25, 0.3) is 0 Å². The van der Waals surface area contributed by atoms with Gasteiger partial charge in [0.05, 0.1) is 18.4 Å². The van der Waals surface area contributed by atoms with Crippen LogP contribution >= 0.6 is 11.8 Å². The molecular weight excluding hydrogens is 396 g/mol. The van der Waals surface area contributed by atoms with Gasteiger partial charge in [-0.15, -0.1) is 0 Å². The van der Waals surface area contributed by atoms with E-state index >= 15 is 0 Å². The van der Waals surface area contributed by atoms with Crippen LogP contribution in [-0.2, 0) is 25.5 Å². The minimum atomic E-state index is -1.41. The van der Waals surface area contributed by atoms with Crippen LogP contribution < -0.4 is 5.32 Å². The van der Waals surface area contributed by atoms with Crippen LogP contribution in [0.3, 0.4) is 0 Å².